The first-order valence-electron chi connectivity index (χ1n) is 12.9. The molecule has 0 saturated carbocycles. The van der Waals surface area contributed by atoms with Crippen molar-refractivity contribution < 1.29 is 37.5 Å². The molecule has 2 aliphatic heterocycles. The fourth-order valence-electron chi connectivity index (χ4n) is 5.49. The van der Waals surface area contributed by atoms with E-state index in [9.17, 15) is 27.7 Å². The van der Waals surface area contributed by atoms with Gasteiger partial charge in [0.2, 0.25) is 11.8 Å². The van der Waals surface area contributed by atoms with Crippen molar-refractivity contribution in [3.63, 3.8) is 0 Å². The molecule has 2 aromatic carbocycles. The molecule has 14 heteroatoms. The summed E-state index contributed by atoms with van der Waals surface area (Å²) in [5.74, 6) is -1.15. The van der Waals surface area contributed by atoms with Crippen LogP contribution in [0.1, 0.15) is 47.3 Å². The molecule has 0 aliphatic carbocycles. The second-order valence-electron chi connectivity index (χ2n) is 10.3. The Hall–Kier alpha value is -2.89. The van der Waals surface area contributed by atoms with Crippen molar-refractivity contribution in [3.05, 3.63) is 64.0 Å². The van der Waals surface area contributed by atoms with E-state index in [2.05, 4.69) is 5.32 Å². The zero-order chi connectivity index (χ0) is 29.7. The van der Waals surface area contributed by atoms with Crippen molar-refractivity contribution in [2.75, 3.05) is 11.9 Å². The molecular weight excluding hydrogens is 599 g/mol. The van der Waals surface area contributed by atoms with Gasteiger partial charge < -0.3 is 24.9 Å². The van der Waals surface area contributed by atoms with Gasteiger partial charge in [-0.15, -0.1) is 11.3 Å². The van der Waals surface area contributed by atoms with E-state index in [-0.39, 0.29) is 28.1 Å². The molecule has 3 atom stereocenters. The van der Waals surface area contributed by atoms with Crippen LogP contribution in [-0.2, 0) is 19.8 Å². The SMILES string of the molecule is CN(C(=O)[C@H]1CC[C@H]2CCC[C@@H](NC(=O)c3cc4cc(C(F)(F)P(=O)(O)O)ccc4s3)C(=O)N21)c1ccc(Cl)cc1. The molecule has 0 bridgehead atoms. The maximum absolute atomic E-state index is 14.2. The number of hydrogen-bond donors (Lipinski definition) is 3. The van der Waals surface area contributed by atoms with Crippen LogP contribution in [-0.4, -0.2) is 57.6 Å². The molecule has 0 spiro atoms. The van der Waals surface area contributed by atoms with Crippen molar-refractivity contribution in [1.29, 1.82) is 0 Å². The summed E-state index contributed by atoms with van der Waals surface area (Å²) >= 11 is 6.98. The van der Waals surface area contributed by atoms with Crippen LogP contribution in [0.15, 0.2) is 48.5 Å². The smallest absolute Gasteiger partial charge is 0.340 e. The number of carbonyl (C=O) groups is 3. The average molecular weight is 626 g/mol. The highest BCUT2D eigenvalue weighted by atomic mass is 35.5. The highest BCUT2D eigenvalue weighted by Gasteiger charge is 2.50. The third-order valence-corrected chi connectivity index (χ3v) is 10.0. The summed E-state index contributed by atoms with van der Waals surface area (Å²) in [5.41, 5.74) is -4.59. The maximum Gasteiger partial charge on any atom is 0.399 e. The minimum Gasteiger partial charge on any atom is -0.340 e. The molecule has 3 heterocycles. The largest absolute Gasteiger partial charge is 0.399 e. The highest BCUT2D eigenvalue weighted by molar-refractivity contribution is 7.52. The molecule has 2 saturated heterocycles. The molecule has 1 aromatic heterocycles. The lowest BCUT2D eigenvalue weighted by Crippen LogP contribution is -2.54. The molecule has 0 unspecified atom stereocenters. The molecule has 218 valence electrons. The molecule has 3 amide bonds. The lowest BCUT2D eigenvalue weighted by atomic mass is 10.1. The predicted octanol–water partition coefficient (Wildman–Crippen LogP) is 5.09. The number of carbonyl (C=O) groups excluding carboxylic acids is 3. The van der Waals surface area contributed by atoms with Gasteiger partial charge >= 0.3 is 13.3 Å². The third kappa shape index (κ3) is 5.63. The number of hydrogen-bond acceptors (Lipinski definition) is 5. The van der Waals surface area contributed by atoms with Gasteiger partial charge in [0, 0.05) is 34.1 Å². The van der Waals surface area contributed by atoms with Crippen molar-refractivity contribution in [3.8, 4) is 0 Å². The second-order valence-corrected chi connectivity index (χ2v) is 13.4. The summed E-state index contributed by atoms with van der Waals surface area (Å²) in [7, 11) is -4.11. The Bertz CT molecular complexity index is 1560. The van der Waals surface area contributed by atoms with Gasteiger partial charge in [0.25, 0.3) is 5.91 Å². The summed E-state index contributed by atoms with van der Waals surface area (Å²) in [4.78, 5) is 61.7. The summed E-state index contributed by atoms with van der Waals surface area (Å²) in [6, 6.07) is 9.62. The first kappa shape index (κ1) is 29.6. The van der Waals surface area contributed by atoms with Crippen molar-refractivity contribution >= 4 is 64.0 Å². The lowest BCUT2D eigenvalue weighted by Gasteiger charge is -2.32. The Morgan fingerprint density at radius 2 is 1.80 bits per heavy atom. The van der Waals surface area contributed by atoms with E-state index in [1.807, 2.05) is 0 Å². The van der Waals surface area contributed by atoms with Gasteiger partial charge in [-0.1, -0.05) is 17.7 Å². The van der Waals surface area contributed by atoms with Gasteiger partial charge in [-0.05, 0) is 80.0 Å². The number of likely N-dealkylation sites (N-methyl/N-ethyl adjacent to an activating group) is 1. The first-order chi connectivity index (χ1) is 19.3. The minimum absolute atomic E-state index is 0.115. The van der Waals surface area contributed by atoms with Crippen LogP contribution in [0.3, 0.4) is 0 Å². The third-order valence-electron chi connectivity index (χ3n) is 7.67. The first-order valence-corrected chi connectivity index (χ1v) is 15.7. The molecule has 3 aromatic rings. The highest BCUT2D eigenvalue weighted by Crippen LogP contribution is 2.59. The Kier molecular flexibility index (Phi) is 7.99. The Labute approximate surface area is 243 Å². The number of rotatable bonds is 6. The van der Waals surface area contributed by atoms with Crippen LogP contribution < -0.4 is 10.2 Å². The molecular formula is C27H27ClF2N3O6PS. The van der Waals surface area contributed by atoms with E-state index < -0.39 is 36.8 Å². The second kappa shape index (κ2) is 11.1. The number of amides is 3. The fraction of sp³-hybridized carbons (Fsp3) is 0.370. The normalized spacial score (nSPS) is 21.5. The quantitative estimate of drug-likeness (QED) is 0.328. The van der Waals surface area contributed by atoms with Crippen LogP contribution in [0.2, 0.25) is 5.02 Å². The van der Waals surface area contributed by atoms with Crippen LogP contribution in [0, 0.1) is 0 Å². The molecule has 0 radical (unpaired) electrons. The number of alkyl halides is 2. The lowest BCUT2D eigenvalue weighted by molar-refractivity contribution is -0.140. The maximum atomic E-state index is 14.2. The van der Waals surface area contributed by atoms with Crippen LogP contribution in [0.25, 0.3) is 10.1 Å². The zero-order valence-corrected chi connectivity index (χ0v) is 24.3. The van der Waals surface area contributed by atoms with E-state index in [0.29, 0.717) is 47.5 Å². The van der Waals surface area contributed by atoms with Crippen molar-refractivity contribution in [2.24, 2.45) is 0 Å². The summed E-state index contributed by atoms with van der Waals surface area (Å²) in [5, 5.41) is 3.52. The number of nitrogens with one attached hydrogen (secondary N) is 1. The summed E-state index contributed by atoms with van der Waals surface area (Å²) in [6.07, 6.45) is 2.93. The van der Waals surface area contributed by atoms with Crippen LogP contribution in [0.5, 0.6) is 0 Å². The Balaban J connectivity index is 1.33. The van der Waals surface area contributed by atoms with Gasteiger partial charge in [0.15, 0.2) is 0 Å². The zero-order valence-electron chi connectivity index (χ0n) is 21.8. The molecule has 3 N–H and O–H groups in total. The van der Waals surface area contributed by atoms with Gasteiger partial charge in [0.05, 0.1) is 4.88 Å². The van der Waals surface area contributed by atoms with E-state index >= 15 is 0 Å². The minimum atomic E-state index is -5.75. The molecule has 2 aliphatic rings. The van der Waals surface area contributed by atoms with E-state index in [0.717, 1.165) is 23.5 Å². The Morgan fingerprint density at radius 1 is 1.10 bits per heavy atom. The monoisotopic (exact) mass is 625 g/mol. The van der Waals surface area contributed by atoms with Crippen molar-refractivity contribution in [1.82, 2.24) is 10.2 Å². The van der Waals surface area contributed by atoms with Crippen LogP contribution >= 0.6 is 30.5 Å². The predicted molar refractivity (Wildman–Crippen MR) is 151 cm³/mol. The van der Waals surface area contributed by atoms with Gasteiger partial charge in [-0.2, -0.15) is 8.78 Å². The summed E-state index contributed by atoms with van der Waals surface area (Å²) in [6.45, 7) is 0. The van der Waals surface area contributed by atoms with Gasteiger partial charge in [-0.25, -0.2) is 0 Å². The van der Waals surface area contributed by atoms with Gasteiger partial charge in [0.1, 0.15) is 12.1 Å². The number of halogens is 3. The van der Waals surface area contributed by atoms with Crippen molar-refractivity contribution in [2.45, 2.75) is 55.9 Å². The topological polar surface area (TPSA) is 127 Å². The molecule has 9 nitrogen and oxygen atoms in total. The van der Waals surface area contributed by atoms with E-state index in [4.69, 9.17) is 21.4 Å². The average Bonchev–Trinajstić information content (AvgIpc) is 3.51. The fourth-order valence-corrected chi connectivity index (χ4v) is 7.04. The Morgan fingerprint density at radius 3 is 2.49 bits per heavy atom. The standard InChI is InChI=1S/C27H27ClF2N3O6PS/c1-32(18-8-6-17(28)7-9-18)26(36)21-11-10-19-3-2-4-20(25(35)33(19)21)31-24(34)23-14-15-13-16(5-12-22(15)41-23)27(29,30)40(37,38)39/h5-9,12-14,19-21H,2-4,10-11H2,1H3,(H,31,34)(H2,37,38,39)/t19-,20-,21-/m1/s1. The number of benzene rings is 2. The summed E-state index contributed by atoms with van der Waals surface area (Å²) < 4.78 is 40.1. The van der Waals surface area contributed by atoms with E-state index in [1.165, 1.54) is 17.0 Å². The van der Waals surface area contributed by atoms with Gasteiger partial charge in [-0.3, -0.25) is 18.9 Å². The number of thiophene rings is 1. The van der Waals surface area contributed by atoms with Crippen LogP contribution in [0.4, 0.5) is 14.5 Å². The van der Waals surface area contributed by atoms with E-state index in [1.54, 1.807) is 36.2 Å². The molecule has 5 rings (SSSR count). The number of fused-ring (bicyclic) bond motifs is 2. The number of anilines is 1. The number of nitrogens with zero attached hydrogens (tertiary/aromatic N) is 2. The molecule has 41 heavy (non-hydrogen) atoms. The molecule has 2 fully saturated rings.